The highest BCUT2D eigenvalue weighted by Gasteiger charge is 2.15. The van der Waals surface area contributed by atoms with Crippen molar-refractivity contribution in [2.24, 2.45) is 0 Å². The van der Waals surface area contributed by atoms with Gasteiger partial charge in [0.05, 0.1) is 10.7 Å². The van der Waals surface area contributed by atoms with E-state index in [1.54, 1.807) is 36.0 Å². The molecule has 0 aliphatic heterocycles. The maximum atomic E-state index is 12.3. The van der Waals surface area contributed by atoms with E-state index in [1.165, 1.54) is 6.07 Å². The number of thioether (sulfide) groups is 1. The monoisotopic (exact) mass is 526 g/mol. The van der Waals surface area contributed by atoms with Crippen LogP contribution in [0.4, 0.5) is 5.69 Å². The van der Waals surface area contributed by atoms with Crippen LogP contribution in [0.3, 0.4) is 0 Å². The molecule has 1 N–H and O–H groups in total. The molecule has 3 rings (SSSR count). The van der Waals surface area contributed by atoms with Crippen LogP contribution in [-0.4, -0.2) is 25.0 Å². The van der Waals surface area contributed by atoms with Crippen LogP contribution in [0.1, 0.15) is 54.1 Å². The van der Waals surface area contributed by atoms with Crippen molar-refractivity contribution >= 4 is 33.4 Å². The van der Waals surface area contributed by atoms with Gasteiger partial charge >= 0.3 is 0 Å². The predicted molar refractivity (Wildman–Crippen MR) is 145 cm³/mol. The smallest absolute Gasteiger partial charge is 0.268 e. The Labute approximate surface area is 216 Å². The number of nitro benzene ring substituents is 1. The van der Waals surface area contributed by atoms with Crippen LogP contribution in [-0.2, 0) is 21.5 Å². The summed E-state index contributed by atoms with van der Waals surface area (Å²) in [5.74, 6) is 0.881. The van der Waals surface area contributed by atoms with E-state index in [-0.39, 0.29) is 11.4 Å². The van der Waals surface area contributed by atoms with Gasteiger partial charge in [-0.15, -0.1) is 0 Å². The molecule has 0 heterocycles. The second-order valence-corrected chi connectivity index (χ2v) is 11.3. The number of unbranched alkanes of at least 4 members (excludes halogenated alkanes) is 3. The molecule has 0 bridgehead atoms. The normalized spacial score (nSPS) is 11.2. The molecule has 0 aromatic heterocycles. The van der Waals surface area contributed by atoms with Gasteiger partial charge in [-0.2, -0.15) is 11.8 Å². The number of carbonyl (C=O) groups is 1. The SMILES string of the molecule is CCCCCCS(=O)(=O)NC(=O)c1ccc(CSCc2ccc(-c3cccc([N+](=O)[O-])c3)cc2)cc1. The maximum absolute atomic E-state index is 12.3. The van der Waals surface area contributed by atoms with Gasteiger partial charge in [0.25, 0.3) is 11.6 Å². The molecule has 36 heavy (non-hydrogen) atoms. The summed E-state index contributed by atoms with van der Waals surface area (Å²) in [7, 11) is -3.62. The van der Waals surface area contributed by atoms with Gasteiger partial charge < -0.3 is 0 Å². The number of sulfonamides is 1. The summed E-state index contributed by atoms with van der Waals surface area (Å²) in [6, 6.07) is 21.5. The maximum Gasteiger partial charge on any atom is 0.270 e. The molecule has 0 radical (unpaired) electrons. The van der Waals surface area contributed by atoms with Crippen LogP contribution >= 0.6 is 11.8 Å². The first-order valence-corrected chi connectivity index (χ1v) is 14.6. The van der Waals surface area contributed by atoms with Crippen LogP contribution in [0.5, 0.6) is 0 Å². The lowest BCUT2D eigenvalue weighted by molar-refractivity contribution is -0.384. The molecule has 3 aromatic rings. The van der Waals surface area contributed by atoms with Crippen LogP contribution in [0.25, 0.3) is 11.1 Å². The van der Waals surface area contributed by atoms with E-state index in [2.05, 4.69) is 11.6 Å². The number of rotatable bonds is 13. The summed E-state index contributed by atoms with van der Waals surface area (Å²) in [6.45, 7) is 2.06. The van der Waals surface area contributed by atoms with Crippen LogP contribution in [0.15, 0.2) is 72.8 Å². The largest absolute Gasteiger partial charge is 0.270 e. The fourth-order valence-electron chi connectivity index (χ4n) is 3.60. The van der Waals surface area contributed by atoms with Crippen molar-refractivity contribution < 1.29 is 18.1 Å². The average Bonchev–Trinajstić information content (AvgIpc) is 2.87. The molecule has 0 unspecified atom stereocenters. The predicted octanol–water partition coefficient (Wildman–Crippen LogP) is 6.34. The van der Waals surface area contributed by atoms with Crippen LogP contribution in [0.2, 0.25) is 0 Å². The van der Waals surface area contributed by atoms with E-state index in [1.807, 2.05) is 42.5 Å². The summed E-state index contributed by atoms with van der Waals surface area (Å²) in [5, 5.41) is 11.0. The van der Waals surface area contributed by atoms with Crippen molar-refractivity contribution in [3.8, 4) is 11.1 Å². The zero-order chi connectivity index (χ0) is 26.0. The van der Waals surface area contributed by atoms with Crippen molar-refractivity contribution in [2.45, 2.75) is 44.1 Å². The van der Waals surface area contributed by atoms with Crippen molar-refractivity contribution in [3.63, 3.8) is 0 Å². The summed E-state index contributed by atoms with van der Waals surface area (Å²) in [5.41, 5.74) is 4.28. The Bertz CT molecular complexity index is 1270. The lowest BCUT2D eigenvalue weighted by Crippen LogP contribution is -2.32. The fraction of sp³-hybridized carbons (Fsp3) is 0.296. The topological polar surface area (TPSA) is 106 Å². The van der Waals surface area contributed by atoms with E-state index in [0.29, 0.717) is 12.0 Å². The number of nitrogens with one attached hydrogen (secondary N) is 1. The highest BCUT2D eigenvalue weighted by Crippen LogP contribution is 2.25. The quantitative estimate of drug-likeness (QED) is 0.158. The lowest BCUT2D eigenvalue weighted by atomic mass is 10.0. The van der Waals surface area contributed by atoms with Crippen molar-refractivity contribution in [3.05, 3.63) is 99.6 Å². The summed E-state index contributed by atoms with van der Waals surface area (Å²) in [6.07, 6.45) is 3.38. The minimum atomic E-state index is -3.62. The Kier molecular flexibility index (Phi) is 10.1. The van der Waals surface area contributed by atoms with Gasteiger partial charge in [-0.05, 0) is 40.8 Å². The van der Waals surface area contributed by atoms with Gasteiger partial charge in [-0.1, -0.05) is 74.7 Å². The van der Waals surface area contributed by atoms with Gasteiger partial charge in [-0.3, -0.25) is 14.9 Å². The molecule has 0 saturated heterocycles. The van der Waals surface area contributed by atoms with Crippen molar-refractivity contribution in [1.29, 1.82) is 0 Å². The van der Waals surface area contributed by atoms with Gasteiger partial charge in [0, 0.05) is 29.2 Å². The van der Waals surface area contributed by atoms with Crippen molar-refractivity contribution in [2.75, 3.05) is 5.75 Å². The average molecular weight is 527 g/mol. The number of hydrogen-bond acceptors (Lipinski definition) is 6. The van der Waals surface area contributed by atoms with E-state index < -0.39 is 20.9 Å². The molecule has 0 aliphatic rings. The molecule has 0 saturated carbocycles. The summed E-state index contributed by atoms with van der Waals surface area (Å²) in [4.78, 5) is 22.9. The first kappa shape index (κ1) is 27.4. The molecule has 1 amide bonds. The summed E-state index contributed by atoms with van der Waals surface area (Å²) < 4.78 is 26.4. The minimum absolute atomic E-state index is 0.0420. The number of nitrogens with zero attached hydrogens (tertiary/aromatic N) is 1. The van der Waals surface area contributed by atoms with Gasteiger partial charge in [-0.25, -0.2) is 13.1 Å². The van der Waals surface area contributed by atoms with Gasteiger partial charge in [0.2, 0.25) is 10.0 Å². The number of non-ortho nitro benzene ring substituents is 1. The number of amides is 1. The van der Waals surface area contributed by atoms with E-state index >= 15 is 0 Å². The first-order chi connectivity index (χ1) is 17.3. The van der Waals surface area contributed by atoms with Crippen LogP contribution in [0, 0.1) is 10.1 Å². The molecule has 9 heteroatoms. The molecule has 0 aliphatic carbocycles. The molecular weight excluding hydrogens is 496 g/mol. The third-order valence-corrected chi connectivity index (χ3v) is 8.01. The Morgan fingerprint density at radius 3 is 2.14 bits per heavy atom. The Balaban J connectivity index is 1.48. The zero-order valence-electron chi connectivity index (χ0n) is 20.2. The van der Waals surface area contributed by atoms with E-state index in [4.69, 9.17) is 0 Å². The second kappa shape index (κ2) is 13.2. The Morgan fingerprint density at radius 2 is 1.53 bits per heavy atom. The minimum Gasteiger partial charge on any atom is -0.268 e. The fourth-order valence-corrected chi connectivity index (χ4v) is 5.65. The lowest BCUT2D eigenvalue weighted by Gasteiger charge is -2.08. The Hall–Kier alpha value is -3.17. The third kappa shape index (κ3) is 8.49. The number of nitro groups is 1. The number of benzene rings is 3. The molecule has 0 fully saturated rings. The third-order valence-electron chi connectivity index (χ3n) is 5.61. The number of hydrogen-bond donors (Lipinski definition) is 1. The first-order valence-electron chi connectivity index (χ1n) is 11.8. The van der Waals surface area contributed by atoms with E-state index in [0.717, 1.165) is 53.0 Å². The molecule has 0 spiro atoms. The Morgan fingerprint density at radius 1 is 0.889 bits per heavy atom. The van der Waals surface area contributed by atoms with Crippen LogP contribution < -0.4 is 4.72 Å². The van der Waals surface area contributed by atoms with Gasteiger partial charge in [0.15, 0.2) is 0 Å². The van der Waals surface area contributed by atoms with Crippen molar-refractivity contribution in [1.82, 2.24) is 4.72 Å². The van der Waals surface area contributed by atoms with Gasteiger partial charge in [0.1, 0.15) is 0 Å². The molecule has 3 aromatic carbocycles. The highest BCUT2D eigenvalue weighted by atomic mass is 32.2. The molecule has 7 nitrogen and oxygen atoms in total. The standard InChI is InChI=1S/C27H30N2O5S2/c1-2-3-4-5-17-36(33,34)28-27(30)24-15-11-22(12-16-24)20-35-19-21-9-13-23(14-10-21)25-7-6-8-26(18-25)29(31)32/h6-16,18H,2-5,17,19-20H2,1H3,(H,28,30). The molecule has 0 atom stereocenters. The molecule has 190 valence electrons. The summed E-state index contributed by atoms with van der Waals surface area (Å²) >= 11 is 1.72. The second-order valence-electron chi connectivity index (χ2n) is 8.50. The molecular formula is C27H30N2O5S2. The number of carbonyl (C=O) groups excluding carboxylic acids is 1. The highest BCUT2D eigenvalue weighted by molar-refractivity contribution is 7.97. The zero-order valence-corrected chi connectivity index (χ0v) is 21.8. The van der Waals surface area contributed by atoms with E-state index in [9.17, 15) is 23.3 Å².